The van der Waals surface area contributed by atoms with E-state index in [0.29, 0.717) is 32.4 Å². The molecule has 0 unspecified atom stereocenters. The van der Waals surface area contributed by atoms with Crippen LogP contribution in [0.4, 0.5) is 29.3 Å². The number of hydrogen-bond acceptors (Lipinski definition) is 3. The van der Waals surface area contributed by atoms with Crippen LogP contribution in [0.5, 0.6) is 0 Å². The molecule has 2 saturated heterocycles. The number of carbonyl (C=O) groups excluding carboxylic acids is 1. The molecule has 3 fully saturated rings. The fourth-order valence-electron chi connectivity index (χ4n) is 5.54. The molecular weight excluding hydrogens is 411 g/mol. The summed E-state index contributed by atoms with van der Waals surface area (Å²) < 4.78 is 41.4. The van der Waals surface area contributed by atoms with Crippen molar-refractivity contribution in [3.8, 4) is 0 Å². The maximum absolute atomic E-state index is 13.8. The molecule has 6 nitrogen and oxygen atoms in total. The van der Waals surface area contributed by atoms with E-state index in [-0.39, 0.29) is 29.9 Å². The minimum Gasteiger partial charge on any atom is -0.465 e. The van der Waals surface area contributed by atoms with Gasteiger partial charge < -0.3 is 14.9 Å². The average molecular weight is 439 g/mol. The Kier molecular flexibility index (Phi) is 5.79. The van der Waals surface area contributed by atoms with Gasteiger partial charge in [-0.05, 0) is 50.3 Å². The van der Waals surface area contributed by atoms with Crippen LogP contribution in [0.3, 0.4) is 0 Å². The first-order valence-electron chi connectivity index (χ1n) is 11.0. The second kappa shape index (κ2) is 8.24. The third-order valence-corrected chi connectivity index (χ3v) is 7.03. The van der Waals surface area contributed by atoms with Gasteiger partial charge in [-0.15, -0.1) is 0 Å². The lowest BCUT2D eigenvalue weighted by atomic mass is 9.78. The number of halogens is 3. The van der Waals surface area contributed by atoms with Gasteiger partial charge in [-0.3, -0.25) is 10.1 Å². The number of amides is 2. The summed E-state index contributed by atoms with van der Waals surface area (Å²) in [6, 6.07) is 3.74. The lowest BCUT2D eigenvalue weighted by molar-refractivity contribution is -0.139. The number of nitrogens with zero attached hydrogens (tertiary/aromatic N) is 2. The average Bonchev–Trinajstić information content (AvgIpc) is 3.03. The Balaban J connectivity index is 1.58. The number of rotatable bonds is 3. The van der Waals surface area contributed by atoms with Gasteiger partial charge in [-0.2, -0.15) is 13.2 Å². The van der Waals surface area contributed by atoms with Crippen molar-refractivity contribution >= 4 is 23.4 Å². The van der Waals surface area contributed by atoms with E-state index in [0.717, 1.165) is 31.7 Å². The normalized spacial score (nSPS) is 25.3. The zero-order valence-electron chi connectivity index (χ0n) is 17.4. The Morgan fingerprint density at radius 3 is 2.52 bits per heavy atom. The molecule has 0 aromatic heterocycles. The van der Waals surface area contributed by atoms with Gasteiger partial charge in [0.05, 0.1) is 11.0 Å². The highest BCUT2D eigenvalue weighted by Crippen LogP contribution is 2.46. The van der Waals surface area contributed by atoms with Crippen LogP contribution in [0.1, 0.15) is 56.9 Å². The van der Waals surface area contributed by atoms with Gasteiger partial charge in [-0.25, -0.2) is 4.79 Å². The number of carbonyl (C=O) groups is 2. The molecule has 4 rings (SSSR count). The second-order valence-corrected chi connectivity index (χ2v) is 9.01. The Bertz CT molecular complexity index is 854. The Morgan fingerprint density at radius 1 is 1.10 bits per heavy atom. The van der Waals surface area contributed by atoms with Crippen molar-refractivity contribution in [1.82, 2.24) is 4.90 Å². The largest absolute Gasteiger partial charge is 0.465 e. The molecule has 2 heterocycles. The highest BCUT2D eigenvalue weighted by molar-refractivity contribution is 5.87. The number of likely N-dealkylation sites (tertiary alicyclic amines) is 1. The van der Waals surface area contributed by atoms with Crippen molar-refractivity contribution in [1.29, 1.82) is 0 Å². The molecule has 0 radical (unpaired) electrons. The third-order valence-electron chi connectivity index (χ3n) is 7.03. The SMILES string of the molecule is O=C(O)Nc1ccc(N2CCC[C@]3(CCN(C4CCCCC4)C3=O)C2)c(C(F)(F)F)c1. The predicted molar refractivity (Wildman–Crippen MR) is 110 cm³/mol. The lowest BCUT2D eigenvalue weighted by Crippen LogP contribution is -2.50. The molecule has 2 amide bonds. The minimum atomic E-state index is -4.63. The summed E-state index contributed by atoms with van der Waals surface area (Å²) in [7, 11) is 0. The van der Waals surface area contributed by atoms with Crippen molar-refractivity contribution in [2.24, 2.45) is 5.41 Å². The number of piperidine rings is 1. The van der Waals surface area contributed by atoms with Crippen molar-refractivity contribution in [2.45, 2.75) is 63.6 Å². The van der Waals surface area contributed by atoms with Gasteiger partial charge in [-0.1, -0.05) is 19.3 Å². The third kappa shape index (κ3) is 4.32. The number of nitrogens with one attached hydrogen (secondary N) is 1. The number of carboxylic acid groups (broad SMARTS) is 1. The van der Waals surface area contributed by atoms with Crippen molar-refractivity contribution in [3.05, 3.63) is 23.8 Å². The summed E-state index contributed by atoms with van der Waals surface area (Å²) in [4.78, 5) is 27.9. The van der Waals surface area contributed by atoms with Crippen LogP contribution in [-0.2, 0) is 11.0 Å². The van der Waals surface area contributed by atoms with Crippen LogP contribution in [0, 0.1) is 5.41 Å². The summed E-state index contributed by atoms with van der Waals surface area (Å²) >= 11 is 0. The molecule has 1 aliphatic carbocycles. The van der Waals surface area contributed by atoms with E-state index in [9.17, 15) is 22.8 Å². The molecule has 2 N–H and O–H groups in total. The smallest absolute Gasteiger partial charge is 0.418 e. The summed E-state index contributed by atoms with van der Waals surface area (Å²) in [5.41, 5.74) is -1.64. The first-order valence-corrected chi connectivity index (χ1v) is 11.0. The Labute approximate surface area is 179 Å². The lowest BCUT2D eigenvalue weighted by Gasteiger charge is -2.42. The molecule has 2 aliphatic heterocycles. The molecule has 170 valence electrons. The van der Waals surface area contributed by atoms with Crippen LogP contribution in [0.25, 0.3) is 0 Å². The first-order chi connectivity index (χ1) is 14.7. The highest BCUT2D eigenvalue weighted by atomic mass is 19.4. The quantitative estimate of drug-likeness (QED) is 0.699. The summed E-state index contributed by atoms with van der Waals surface area (Å²) in [5.74, 6) is 0.0989. The Morgan fingerprint density at radius 2 is 1.84 bits per heavy atom. The van der Waals surface area contributed by atoms with Crippen molar-refractivity contribution in [2.75, 3.05) is 29.9 Å². The van der Waals surface area contributed by atoms with Gasteiger partial charge in [0, 0.05) is 37.1 Å². The molecule has 1 aromatic rings. The fourth-order valence-corrected chi connectivity index (χ4v) is 5.54. The molecule has 1 saturated carbocycles. The molecule has 31 heavy (non-hydrogen) atoms. The van der Waals surface area contributed by atoms with Crippen LogP contribution in [0.15, 0.2) is 18.2 Å². The zero-order valence-corrected chi connectivity index (χ0v) is 17.4. The van der Waals surface area contributed by atoms with Crippen LogP contribution < -0.4 is 10.2 Å². The van der Waals surface area contributed by atoms with Crippen LogP contribution in [0.2, 0.25) is 0 Å². The highest BCUT2D eigenvalue weighted by Gasteiger charge is 2.51. The molecule has 1 spiro atoms. The van der Waals surface area contributed by atoms with E-state index >= 15 is 0 Å². The zero-order chi connectivity index (χ0) is 22.2. The van der Waals surface area contributed by atoms with E-state index in [4.69, 9.17) is 5.11 Å². The number of hydrogen-bond donors (Lipinski definition) is 2. The molecule has 1 aromatic carbocycles. The Hall–Kier alpha value is -2.45. The van der Waals surface area contributed by atoms with E-state index in [1.54, 1.807) is 4.90 Å². The van der Waals surface area contributed by atoms with Gasteiger partial charge in [0.25, 0.3) is 0 Å². The van der Waals surface area contributed by atoms with Crippen molar-refractivity contribution < 1.29 is 27.9 Å². The van der Waals surface area contributed by atoms with E-state index in [1.807, 2.05) is 10.2 Å². The second-order valence-electron chi connectivity index (χ2n) is 9.01. The van der Waals surface area contributed by atoms with Gasteiger partial charge >= 0.3 is 12.3 Å². The standard InChI is InChI=1S/C22H28F3N3O3/c23-22(24,25)17-13-15(26-20(30)31)7-8-18(17)27-11-4-9-21(14-27)10-12-28(19(21)29)16-5-2-1-3-6-16/h7-8,13,16,26H,1-6,9-12,14H2,(H,30,31)/t21-/m0/s1. The predicted octanol–water partition coefficient (Wildman–Crippen LogP) is 4.95. The van der Waals surface area contributed by atoms with Crippen LogP contribution >= 0.6 is 0 Å². The summed E-state index contributed by atoms with van der Waals surface area (Å²) in [5, 5.41) is 10.8. The van der Waals surface area contributed by atoms with Crippen LogP contribution in [-0.4, -0.2) is 47.7 Å². The number of anilines is 2. The fraction of sp³-hybridized carbons (Fsp3) is 0.636. The molecule has 9 heteroatoms. The van der Waals surface area contributed by atoms with Crippen molar-refractivity contribution in [3.63, 3.8) is 0 Å². The topological polar surface area (TPSA) is 72.9 Å². The minimum absolute atomic E-state index is 0.00595. The molecule has 0 bridgehead atoms. The van der Waals surface area contributed by atoms with Gasteiger partial charge in [0.2, 0.25) is 5.91 Å². The maximum Gasteiger partial charge on any atom is 0.418 e. The van der Waals surface area contributed by atoms with E-state index in [2.05, 4.69) is 0 Å². The summed E-state index contributed by atoms with van der Waals surface area (Å²) in [6.45, 7) is 1.39. The number of alkyl halides is 3. The molecular formula is C22H28F3N3O3. The first kappa shape index (κ1) is 21.8. The van der Waals surface area contributed by atoms with Gasteiger partial charge in [0.15, 0.2) is 0 Å². The van der Waals surface area contributed by atoms with Gasteiger partial charge in [0.1, 0.15) is 0 Å². The molecule has 3 aliphatic rings. The monoisotopic (exact) mass is 439 g/mol. The summed E-state index contributed by atoms with van der Waals surface area (Å²) in [6.07, 6.45) is 1.45. The number of benzene rings is 1. The van der Waals surface area contributed by atoms with E-state index in [1.165, 1.54) is 18.6 Å². The van der Waals surface area contributed by atoms with E-state index < -0.39 is 23.2 Å². The molecule has 1 atom stereocenters. The maximum atomic E-state index is 13.8.